The van der Waals surface area contributed by atoms with Gasteiger partial charge in [-0.25, -0.2) is 5.43 Å². The lowest BCUT2D eigenvalue weighted by molar-refractivity contribution is -0.127. The van der Waals surface area contributed by atoms with E-state index in [0.717, 1.165) is 16.5 Å². The first-order chi connectivity index (χ1) is 12.8. The molecule has 0 spiro atoms. The van der Waals surface area contributed by atoms with Gasteiger partial charge < -0.3 is 9.72 Å². The van der Waals surface area contributed by atoms with E-state index in [1.54, 1.807) is 13.1 Å². The smallest absolute Gasteiger partial charge is 0.280 e. The quantitative estimate of drug-likeness (QED) is 0.522. The predicted molar refractivity (Wildman–Crippen MR) is 109 cm³/mol. The van der Waals surface area contributed by atoms with Crippen LogP contribution in [-0.4, -0.2) is 23.2 Å². The van der Waals surface area contributed by atoms with Crippen molar-refractivity contribution in [3.63, 3.8) is 0 Å². The lowest BCUT2D eigenvalue weighted by atomic mass is 9.87. The van der Waals surface area contributed by atoms with Gasteiger partial charge in [0.1, 0.15) is 5.75 Å². The minimum absolute atomic E-state index is 0.0820. The number of carbonyl (C=O) groups is 1. The van der Waals surface area contributed by atoms with Gasteiger partial charge in [-0.2, -0.15) is 5.10 Å². The number of H-pyrrole nitrogens is 1. The van der Waals surface area contributed by atoms with Gasteiger partial charge in [0.05, 0.1) is 6.21 Å². The van der Waals surface area contributed by atoms with Gasteiger partial charge in [0, 0.05) is 22.7 Å². The summed E-state index contributed by atoms with van der Waals surface area (Å²) in [6.07, 6.45) is 2.84. The molecule has 27 heavy (non-hydrogen) atoms. The fourth-order valence-corrected chi connectivity index (χ4v) is 2.75. The van der Waals surface area contributed by atoms with Gasteiger partial charge in [-0.05, 0) is 36.1 Å². The van der Waals surface area contributed by atoms with E-state index in [4.69, 9.17) is 4.74 Å². The zero-order chi connectivity index (χ0) is 19.4. The zero-order valence-electron chi connectivity index (χ0n) is 16.1. The van der Waals surface area contributed by atoms with Crippen molar-refractivity contribution in [1.29, 1.82) is 0 Å². The molecule has 5 heteroatoms. The van der Waals surface area contributed by atoms with Gasteiger partial charge in [-0.15, -0.1) is 0 Å². The SMILES string of the molecule is CC(Oc1ccc(C(C)(C)C)cc1)C(=O)N/N=C/c1c[nH]c2ccccc12. The number of para-hydroxylation sites is 1. The summed E-state index contributed by atoms with van der Waals surface area (Å²) < 4.78 is 5.71. The average Bonchev–Trinajstić information content (AvgIpc) is 3.04. The topological polar surface area (TPSA) is 66.5 Å². The molecule has 3 rings (SSSR count). The number of benzene rings is 2. The van der Waals surface area contributed by atoms with E-state index < -0.39 is 6.10 Å². The van der Waals surface area contributed by atoms with Gasteiger partial charge in [-0.3, -0.25) is 4.79 Å². The lowest BCUT2D eigenvalue weighted by Gasteiger charge is -2.19. The number of ether oxygens (including phenoxy) is 1. The van der Waals surface area contributed by atoms with Crippen molar-refractivity contribution in [2.24, 2.45) is 5.10 Å². The number of amides is 1. The van der Waals surface area contributed by atoms with Gasteiger partial charge in [0.25, 0.3) is 5.91 Å². The molecule has 2 N–H and O–H groups in total. The van der Waals surface area contributed by atoms with E-state index in [-0.39, 0.29) is 11.3 Å². The molecule has 0 fully saturated rings. The summed E-state index contributed by atoms with van der Waals surface area (Å²) in [5.74, 6) is 0.359. The van der Waals surface area contributed by atoms with E-state index in [9.17, 15) is 4.79 Å². The van der Waals surface area contributed by atoms with Gasteiger partial charge in [0.2, 0.25) is 0 Å². The van der Waals surface area contributed by atoms with Crippen molar-refractivity contribution in [3.8, 4) is 5.75 Å². The van der Waals surface area contributed by atoms with Crippen LogP contribution in [0.3, 0.4) is 0 Å². The van der Waals surface area contributed by atoms with Crippen LogP contribution in [0.15, 0.2) is 59.8 Å². The van der Waals surface area contributed by atoms with Crippen LogP contribution in [0.1, 0.15) is 38.8 Å². The van der Waals surface area contributed by atoms with E-state index in [2.05, 4.69) is 36.3 Å². The summed E-state index contributed by atoms with van der Waals surface area (Å²) in [7, 11) is 0. The Morgan fingerprint density at radius 3 is 2.56 bits per heavy atom. The van der Waals surface area contributed by atoms with E-state index in [0.29, 0.717) is 5.75 Å². The number of rotatable bonds is 5. The standard InChI is InChI=1S/C22H25N3O2/c1-15(27-18-11-9-17(10-12-18)22(2,3)4)21(26)25-24-14-16-13-23-20-8-6-5-7-19(16)20/h5-15,23H,1-4H3,(H,25,26)/b24-14+. The molecule has 0 saturated carbocycles. The van der Waals surface area contributed by atoms with Crippen molar-refractivity contribution >= 4 is 23.0 Å². The Balaban J connectivity index is 1.57. The molecule has 0 aliphatic heterocycles. The maximum absolute atomic E-state index is 12.2. The van der Waals surface area contributed by atoms with Crippen molar-refractivity contribution in [2.75, 3.05) is 0 Å². The summed E-state index contributed by atoms with van der Waals surface area (Å²) >= 11 is 0. The molecule has 1 amide bonds. The van der Waals surface area contributed by atoms with Crippen LogP contribution >= 0.6 is 0 Å². The second-order valence-electron chi connectivity index (χ2n) is 7.56. The number of aromatic nitrogens is 1. The number of hydrogen-bond donors (Lipinski definition) is 2. The molecule has 0 bridgehead atoms. The molecule has 1 unspecified atom stereocenters. The second-order valence-corrected chi connectivity index (χ2v) is 7.56. The van der Waals surface area contributed by atoms with Crippen LogP contribution in [0.25, 0.3) is 10.9 Å². The summed E-state index contributed by atoms with van der Waals surface area (Å²) in [5, 5.41) is 5.10. The van der Waals surface area contributed by atoms with Crippen LogP contribution in [-0.2, 0) is 10.2 Å². The first-order valence-corrected chi connectivity index (χ1v) is 9.01. The highest BCUT2D eigenvalue weighted by atomic mass is 16.5. The number of nitrogens with one attached hydrogen (secondary N) is 2. The highest BCUT2D eigenvalue weighted by molar-refractivity contribution is 5.99. The molecule has 1 aromatic heterocycles. The monoisotopic (exact) mass is 363 g/mol. The van der Waals surface area contributed by atoms with Gasteiger partial charge >= 0.3 is 0 Å². The third-order valence-corrected chi connectivity index (χ3v) is 4.40. The van der Waals surface area contributed by atoms with Gasteiger partial charge in [0.15, 0.2) is 6.10 Å². The molecule has 2 aromatic carbocycles. The van der Waals surface area contributed by atoms with Crippen LogP contribution in [0.4, 0.5) is 0 Å². The predicted octanol–water partition coefficient (Wildman–Crippen LogP) is 4.38. The van der Waals surface area contributed by atoms with Gasteiger partial charge in [-0.1, -0.05) is 51.1 Å². The minimum atomic E-state index is -0.648. The highest BCUT2D eigenvalue weighted by Gasteiger charge is 2.16. The van der Waals surface area contributed by atoms with Crippen molar-refractivity contribution < 1.29 is 9.53 Å². The highest BCUT2D eigenvalue weighted by Crippen LogP contribution is 2.24. The Hall–Kier alpha value is -3.08. The van der Waals surface area contributed by atoms with E-state index >= 15 is 0 Å². The maximum Gasteiger partial charge on any atom is 0.280 e. The zero-order valence-corrected chi connectivity index (χ0v) is 16.1. The fraction of sp³-hybridized carbons (Fsp3) is 0.273. The molecule has 0 aliphatic carbocycles. The largest absolute Gasteiger partial charge is 0.481 e. The molecule has 0 radical (unpaired) electrons. The number of carbonyl (C=O) groups excluding carboxylic acids is 1. The Bertz CT molecular complexity index is 950. The third-order valence-electron chi connectivity index (χ3n) is 4.40. The van der Waals surface area contributed by atoms with Crippen LogP contribution in [0.2, 0.25) is 0 Å². The van der Waals surface area contributed by atoms with Crippen molar-refractivity contribution in [1.82, 2.24) is 10.4 Å². The molecule has 0 aliphatic rings. The third kappa shape index (κ3) is 4.56. The Kier molecular flexibility index (Phi) is 5.31. The van der Waals surface area contributed by atoms with E-state index in [1.165, 1.54) is 5.56 Å². The number of hydrogen-bond acceptors (Lipinski definition) is 3. The van der Waals surface area contributed by atoms with Crippen LogP contribution < -0.4 is 10.2 Å². The molecule has 0 saturated heterocycles. The van der Waals surface area contributed by atoms with Crippen LogP contribution in [0, 0.1) is 0 Å². The lowest BCUT2D eigenvalue weighted by Crippen LogP contribution is -2.33. The summed E-state index contributed by atoms with van der Waals surface area (Å²) in [4.78, 5) is 15.4. The maximum atomic E-state index is 12.2. The second kappa shape index (κ2) is 7.66. The summed E-state index contributed by atoms with van der Waals surface area (Å²) in [6.45, 7) is 8.17. The molecule has 140 valence electrons. The number of fused-ring (bicyclic) bond motifs is 1. The normalized spacial score (nSPS) is 13.0. The Labute approximate surface area is 159 Å². The number of hydrazone groups is 1. The molecule has 5 nitrogen and oxygen atoms in total. The Morgan fingerprint density at radius 2 is 1.85 bits per heavy atom. The van der Waals surface area contributed by atoms with Crippen LogP contribution in [0.5, 0.6) is 5.75 Å². The number of nitrogens with zero attached hydrogens (tertiary/aromatic N) is 1. The fourth-order valence-electron chi connectivity index (χ4n) is 2.75. The number of aromatic amines is 1. The van der Waals surface area contributed by atoms with Crippen molar-refractivity contribution in [3.05, 3.63) is 65.9 Å². The molecular formula is C22H25N3O2. The average molecular weight is 363 g/mol. The van der Waals surface area contributed by atoms with E-state index in [1.807, 2.05) is 54.7 Å². The molecule has 1 heterocycles. The first-order valence-electron chi connectivity index (χ1n) is 9.01. The first kappa shape index (κ1) is 18.7. The minimum Gasteiger partial charge on any atom is -0.481 e. The molecule has 3 aromatic rings. The molecule has 1 atom stereocenters. The summed E-state index contributed by atoms with van der Waals surface area (Å²) in [5.41, 5.74) is 5.78. The van der Waals surface area contributed by atoms with Crippen molar-refractivity contribution in [2.45, 2.75) is 39.2 Å². The Morgan fingerprint density at radius 1 is 1.15 bits per heavy atom. The summed E-state index contributed by atoms with van der Waals surface area (Å²) in [6, 6.07) is 15.7. The molecular weight excluding hydrogens is 338 g/mol.